The molecule has 2 rings (SSSR count). The Hall–Kier alpha value is -2.82. The van der Waals surface area contributed by atoms with E-state index in [1.165, 1.54) is 5.56 Å². The van der Waals surface area contributed by atoms with E-state index < -0.39 is 12.6 Å². The second kappa shape index (κ2) is 7.98. The Bertz CT molecular complexity index is 670. The molecule has 0 heterocycles. The van der Waals surface area contributed by atoms with Gasteiger partial charge in [-0.15, -0.1) is 0 Å². The number of likely N-dealkylation sites (N-methyl/N-ethyl adjacent to an activating group) is 1. The molecule has 0 saturated heterocycles. The van der Waals surface area contributed by atoms with Gasteiger partial charge in [-0.3, -0.25) is 4.79 Å². The van der Waals surface area contributed by atoms with Crippen LogP contribution in [0.4, 0.5) is 0 Å². The standard InChI is InChI=1S/C18H19NO4/c1-19(11-10-14-6-3-2-4-7-14)18(22)15-8-5-9-16(12-15)23-13-17(20)21/h2-9,12H,10-11,13H2,1H3,(H,20,21). The normalized spacial score (nSPS) is 10.1. The molecule has 0 aliphatic heterocycles. The van der Waals surface area contributed by atoms with Gasteiger partial charge in [0.15, 0.2) is 6.61 Å². The number of aliphatic carboxylic acids is 1. The monoisotopic (exact) mass is 313 g/mol. The number of benzene rings is 2. The van der Waals surface area contributed by atoms with Crippen molar-refractivity contribution in [1.29, 1.82) is 0 Å². The fraction of sp³-hybridized carbons (Fsp3) is 0.222. The zero-order chi connectivity index (χ0) is 16.7. The lowest BCUT2D eigenvalue weighted by atomic mass is 10.1. The molecule has 0 aliphatic carbocycles. The molecule has 1 amide bonds. The number of nitrogens with zero attached hydrogens (tertiary/aromatic N) is 1. The van der Waals surface area contributed by atoms with Crippen LogP contribution in [-0.2, 0) is 11.2 Å². The molecule has 5 nitrogen and oxygen atoms in total. The van der Waals surface area contributed by atoms with Crippen LogP contribution in [0.15, 0.2) is 54.6 Å². The zero-order valence-corrected chi connectivity index (χ0v) is 12.9. The molecule has 0 fully saturated rings. The first kappa shape index (κ1) is 16.5. The van der Waals surface area contributed by atoms with Crippen molar-refractivity contribution >= 4 is 11.9 Å². The minimum absolute atomic E-state index is 0.123. The molecule has 0 unspecified atom stereocenters. The van der Waals surface area contributed by atoms with Crippen LogP contribution in [0.3, 0.4) is 0 Å². The van der Waals surface area contributed by atoms with E-state index in [1.54, 1.807) is 36.2 Å². The number of carbonyl (C=O) groups excluding carboxylic acids is 1. The maximum atomic E-state index is 12.4. The molecule has 0 aromatic heterocycles. The number of carboxylic acid groups (broad SMARTS) is 1. The molecule has 120 valence electrons. The summed E-state index contributed by atoms with van der Waals surface area (Å²) in [5, 5.41) is 8.62. The number of rotatable bonds is 7. The van der Waals surface area contributed by atoms with E-state index in [9.17, 15) is 9.59 Å². The summed E-state index contributed by atoms with van der Waals surface area (Å²) in [4.78, 5) is 24.6. The minimum atomic E-state index is -1.05. The van der Waals surface area contributed by atoms with Crippen molar-refractivity contribution in [2.45, 2.75) is 6.42 Å². The summed E-state index contributed by atoms with van der Waals surface area (Å²) in [7, 11) is 1.75. The van der Waals surface area contributed by atoms with Crippen LogP contribution in [0, 0.1) is 0 Å². The van der Waals surface area contributed by atoms with Gasteiger partial charge < -0.3 is 14.7 Å². The quantitative estimate of drug-likeness (QED) is 0.852. The van der Waals surface area contributed by atoms with Gasteiger partial charge in [-0.1, -0.05) is 36.4 Å². The highest BCUT2D eigenvalue weighted by atomic mass is 16.5. The molecule has 0 radical (unpaired) electrons. The summed E-state index contributed by atoms with van der Waals surface area (Å²) >= 11 is 0. The molecule has 2 aromatic rings. The van der Waals surface area contributed by atoms with Gasteiger partial charge in [0.25, 0.3) is 5.91 Å². The van der Waals surface area contributed by atoms with Crippen molar-refractivity contribution < 1.29 is 19.4 Å². The van der Waals surface area contributed by atoms with Crippen molar-refractivity contribution in [3.8, 4) is 5.75 Å². The van der Waals surface area contributed by atoms with Crippen LogP contribution in [0.25, 0.3) is 0 Å². The summed E-state index contributed by atoms with van der Waals surface area (Å²) in [5.74, 6) is -0.807. The average molecular weight is 313 g/mol. The lowest BCUT2D eigenvalue weighted by Gasteiger charge is -2.17. The van der Waals surface area contributed by atoms with E-state index in [1.807, 2.05) is 30.3 Å². The Morgan fingerprint density at radius 2 is 1.83 bits per heavy atom. The van der Waals surface area contributed by atoms with E-state index in [2.05, 4.69) is 0 Å². The van der Waals surface area contributed by atoms with E-state index in [-0.39, 0.29) is 5.91 Å². The second-order valence-corrected chi connectivity index (χ2v) is 5.17. The van der Waals surface area contributed by atoms with Gasteiger partial charge in [-0.25, -0.2) is 4.79 Å². The van der Waals surface area contributed by atoms with Crippen LogP contribution in [0.1, 0.15) is 15.9 Å². The third-order valence-corrected chi connectivity index (χ3v) is 3.37. The number of carboxylic acids is 1. The molecule has 0 aliphatic rings. The highest BCUT2D eigenvalue weighted by molar-refractivity contribution is 5.94. The molecule has 1 N–H and O–H groups in total. The Kier molecular flexibility index (Phi) is 5.74. The molecule has 0 bridgehead atoms. The van der Waals surface area contributed by atoms with E-state index in [0.29, 0.717) is 17.9 Å². The Morgan fingerprint density at radius 3 is 2.52 bits per heavy atom. The van der Waals surface area contributed by atoms with Crippen molar-refractivity contribution in [3.05, 3.63) is 65.7 Å². The third kappa shape index (κ3) is 5.14. The van der Waals surface area contributed by atoms with Crippen molar-refractivity contribution in [2.24, 2.45) is 0 Å². The summed E-state index contributed by atoms with van der Waals surface area (Å²) in [6.07, 6.45) is 0.776. The number of amides is 1. The topological polar surface area (TPSA) is 66.8 Å². The summed E-state index contributed by atoms with van der Waals surface area (Å²) in [6, 6.07) is 16.5. The van der Waals surface area contributed by atoms with Gasteiger partial charge in [0, 0.05) is 19.2 Å². The second-order valence-electron chi connectivity index (χ2n) is 5.17. The van der Waals surface area contributed by atoms with E-state index in [0.717, 1.165) is 6.42 Å². The maximum Gasteiger partial charge on any atom is 0.341 e. The zero-order valence-electron chi connectivity index (χ0n) is 12.9. The lowest BCUT2D eigenvalue weighted by Crippen LogP contribution is -2.28. The van der Waals surface area contributed by atoms with Crippen LogP contribution in [-0.4, -0.2) is 42.1 Å². The molecule has 2 aromatic carbocycles. The molecular formula is C18H19NO4. The molecule has 0 saturated carbocycles. The molecule has 23 heavy (non-hydrogen) atoms. The molecular weight excluding hydrogens is 294 g/mol. The Labute approximate surface area is 135 Å². The lowest BCUT2D eigenvalue weighted by molar-refractivity contribution is -0.139. The summed E-state index contributed by atoms with van der Waals surface area (Å²) < 4.78 is 5.10. The van der Waals surface area contributed by atoms with Gasteiger partial charge in [0.2, 0.25) is 0 Å². The van der Waals surface area contributed by atoms with Gasteiger partial charge in [0.05, 0.1) is 0 Å². The highest BCUT2D eigenvalue weighted by Gasteiger charge is 2.12. The highest BCUT2D eigenvalue weighted by Crippen LogP contribution is 2.15. The predicted molar refractivity (Wildman–Crippen MR) is 86.7 cm³/mol. The largest absolute Gasteiger partial charge is 0.482 e. The van der Waals surface area contributed by atoms with Gasteiger partial charge >= 0.3 is 5.97 Å². The van der Waals surface area contributed by atoms with Crippen LogP contribution >= 0.6 is 0 Å². The number of carbonyl (C=O) groups is 2. The minimum Gasteiger partial charge on any atom is -0.482 e. The van der Waals surface area contributed by atoms with Crippen LogP contribution in [0.5, 0.6) is 5.75 Å². The summed E-state index contributed by atoms with van der Waals surface area (Å²) in [5.41, 5.74) is 1.65. The van der Waals surface area contributed by atoms with Crippen molar-refractivity contribution in [3.63, 3.8) is 0 Å². The fourth-order valence-electron chi connectivity index (χ4n) is 2.13. The number of hydrogen-bond donors (Lipinski definition) is 1. The predicted octanol–water partition coefficient (Wildman–Crippen LogP) is 2.46. The molecule has 0 atom stereocenters. The first-order valence-electron chi connectivity index (χ1n) is 7.30. The Balaban J connectivity index is 1.96. The van der Waals surface area contributed by atoms with E-state index in [4.69, 9.17) is 9.84 Å². The van der Waals surface area contributed by atoms with E-state index >= 15 is 0 Å². The third-order valence-electron chi connectivity index (χ3n) is 3.37. The fourth-order valence-corrected chi connectivity index (χ4v) is 2.13. The van der Waals surface area contributed by atoms with Crippen molar-refractivity contribution in [2.75, 3.05) is 20.2 Å². The smallest absolute Gasteiger partial charge is 0.341 e. The first-order valence-corrected chi connectivity index (χ1v) is 7.30. The van der Waals surface area contributed by atoms with Crippen LogP contribution in [0.2, 0.25) is 0 Å². The Morgan fingerprint density at radius 1 is 1.09 bits per heavy atom. The molecule has 5 heteroatoms. The maximum absolute atomic E-state index is 12.4. The SMILES string of the molecule is CN(CCc1ccccc1)C(=O)c1cccc(OCC(=O)O)c1. The van der Waals surface area contributed by atoms with Gasteiger partial charge in [-0.2, -0.15) is 0 Å². The van der Waals surface area contributed by atoms with Crippen molar-refractivity contribution in [1.82, 2.24) is 4.90 Å². The number of hydrogen-bond acceptors (Lipinski definition) is 3. The average Bonchev–Trinajstić information content (AvgIpc) is 2.58. The van der Waals surface area contributed by atoms with Crippen LogP contribution < -0.4 is 4.74 Å². The van der Waals surface area contributed by atoms with Gasteiger partial charge in [0.1, 0.15) is 5.75 Å². The van der Waals surface area contributed by atoms with Gasteiger partial charge in [-0.05, 0) is 30.2 Å². The molecule has 0 spiro atoms. The first-order chi connectivity index (χ1) is 11.1. The summed E-state index contributed by atoms with van der Waals surface area (Å²) in [6.45, 7) is 0.171. The number of ether oxygens (including phenoxy) is 1.